The third-order valence-corrected chi connectivity index (χ3v) is 8.11. The molecule has 3 nitrogen and oxygen atoms in total. The van der Waals surface area contributed by atoms with Crippen molar-refractivity contribution in [3.63, 3.8) is 0 Å². The van der Waals surface area contributed by atoms with Crippen molar-refractivity contribution in [2.75, 3.05) is 0 Å². The van der Waals surface area contributed by atoms with Gasteiger partial charge in [-0.25, -0.2) is 4.79 Å². The first-order valence-corrected chi connectivity index (χ1v) is 9.46. The lowest BCUT2D eigenvalue weighted by Gasteiger charge is -2.36. The molecule has 0 amide bonds. The molecule has 0 atom stereocenters. The van der Waals surface area contributed by atoms with Crippen LogP contribution in [-0.2, 0) is 0 Å². The molecule has 18 heavy (non-hydrogen) atoms. The maximum Gasteiger partial charge on any atom is 0.335 e. The summed E-state index contributed by atoms with van der Waals surface area (Å²) < 4.78 is 6.80. The van der Waals surface area contributed by atoms with Crippen LogP contribution in [0.2, 0.25) is 18.1 Å². The Morgan fingerprint density at radius 1 is 1.28 bits per heavy atom. The van der Waals surface area contributed by atoms with Crippen LogP contribution in [0, 0.1) is 0 Å². The lowest BCUT2D eigenvalue weighted by atomic mass is 10.2. The molecule has 1 rings (SSSR count). The number of benzene rings is 1. The Kier molecular flexibility index (Phi) is 4.28. The van der Waals surface area contributed by atoms with E-state index >= 15 is 0 Å². The summed E-state index contributed by atoms with van der Waals surface area (Å²) in [6.45, 7) is 10.7. The quantitative estimate of drug-likeness (QED) is 0.828. The van der Waals surface area contributed by atoms with Gasteiger partial charge in [-0.15, -0.1) is 0 Å². The molecule has 1 aromatic rings. The number of carbonyl (C=O) groups is 1. The van der Waals surface area contributed by atoms with Crippen LogP contribution in [0.4, 0.5) is 0 Å². The van der Waals surface area contributed by atoms with Crippen molar-refractivity contribution < 1.29 is 14.3 Å². The summed E-state index contributed by atoms with van der Waals surface area (Å²) in [5, 5.41) is 9.11. The summed E-state index contributed by atoms with van der Waals surface area (Å²) in [6.07, 6.45) is 0. The molecule has 1 N–H and O–H groups in total. The topological polar surface area (TPSA) is 46.5 Å². The number of halogens is 1. The van der Waals surface area contributed by atoms with E-state index in [4.69, 9.17) is 9.53 Å². The lowest BCUT2D eigenvalue weighted by molar-refractivity contribution is 0.0696. The molecule has 5 heteroatoms. The molecule has 0 aliphatic rings. The van der Waals surface area contributed by atoms with Crippen LogP contribution in [0.1, 0.15) is 31.1 Å². The fraction of sp³-hybridized carbons (Fsp3) is 0.462. The Bertz CT molecular complexity index is 464. The maximum atomic E-state index is 11.0. The van der Waals surface area contributed by atoms with Crippen LogP contribution in [0.15, 0.2) is 22.7 Å². The van der Waals surface area contributed by atoms with Crippen LogP contribution in [0.5, 0.6) is 5.75 Å². The number of hydrogen-bond donors (Lipinski definition) is 1. The van der Waals surface area contributed by atoms with E-state index < -0.39 is 14.3 Å². The average Bonchev–Trinajstić information content (AvgIpc) is 2.13. The van der Waals surface area contributed by atoms with Gasteiger partial charge in [0.25, 0.3) is 0 Å². The maximum absolute atomic E-state index is 11.0. The number of carboxylic acids is 1. The normalized spacial score (nSPS) is 12.3. The fourth-order valence-electron chi connectivity index (χ4n) is 1.19. The highest BCUT2D eigenvalue weighted by molar-refractivity contribution is 9.10. The monoisotopic (exact) mass is 330 g/mol. The average molecular weight is 331 g/mol. The van der Waals surface area contributed by atoms with Crippen molar-refractivity contribution in [3.05, 3.63) is 28.2 Å². The smallest absolute Gasteiger partial charge is 0.335 e. The third-order valence-electron chi connectivity index (χ3n) is 3.30. The van der Waals surface area contributed by atoms with Crippen molar-refractivity contribution in [1.82, 2.24) is 0 Å². The van der Waals surface area contributed by atoms with Gasteiger partial charge in [-0.05, 0) is 36.3 Å². The van der Waals surface area contributed by atoms with Gasteiger partial charge in [0.05, 0.1) is 5.56 Å². The first-order chi connectivity index (χ1) is 8.03. The van der Waals surface area contributed by atoms with Crippen molar-refractivity contribution >= 4 is 30.2 Å². The second-order valence-electron chi connectivity index (χ2n) is 5.84. The van der Waals surface area contributed by atoms with Gasteiger partial charge >= 0.3 is 5.97 Å². The molecule has 0 fully saturated rings. The molecular weight excluding hydrogens is 312 g/mol. The van der Waals surface area contributed by atoms with Crippen molar-refractivity contribution in [1.29, 1.82) is 0 Å². The Hall–Kier alpha value is -0.813. The largest absolute Gasteiger partial charge is 0.543 e. The zero-order chi connectivity index (χ0) is 14.1. The zero-order valence-corrected chi connectivity index (χ0v) is 14.0. The SMILES string of the molecule is CC(C)(C)[Si](C)(C)Oc1cc(Br)cc(C(=O)O)c1. The minimum Gasteiger partial charge on any atom is -0.543 e. The molecule has 0 aromatic heterocycles. The van der Waals surface area contributed by atoms with Gasteiger partial charge in [-0.3, -0.25) is 0 Å². The Balaban J connectivity index is 3.09. The van der Waals surface area contributed by atoms with Crippen LogP contribution >= 0.6 is 15.9 Å². The molecule has 100 valence electrons. The number of carboxylic acid groups (broad SMARTS) is 1. The molecule has 0 spiro atoms. The van der Waals surface area contributed by atoms with Gasteiger partial charge in [0.1, 0.15) is 5.75 Å². The molecule has 1 aromatic carbocycles. The van der Waals surface area contributed by atoms with Crippen LogP contribution in [0.3, 0.4) is 0 Å². The number of hydrogen-bond acceptors (Lipinski definition) is 2. The predicted octanol–water partition coefficient (Wildman–Crippen LogP) is 4.53. The van der Waals surface area contributed by atoms with Crippen molar-refractivity contribution in [2.24, 2.45) is 0 Å². The summed E-state index contributed by atoms with van der Waals surface area (Å²) in [6, 6.07) is 4.96. The number of rotatable bonds is 3. The van der Waals surface area contributed by atoms with E-state index in [1.807, 2.05) is 6.07 Å². The van der Waals surface area contributed by atoms with Crippen molar-refractivity contribution in [3.8, 4) is 5.75 Å². The molecule has 0 heterocycles. The van der Waals surface area contributed by atoms with E-state index in [-0.39, 0.29) is 10.6 Å². The molecule has 0 bridgehead atoms. The van der Waals surface area contributed by atoms with Gasteiger partial charge in [-0.1, -0.05) is 36.7 Å². The highest BCUT2D eigenvalue weighted by Crippen LogP contribution is 2.38. The zero-order valence-electron chi connectivity index (χ0n) is 11.4. The predicted molar refractivity (Wildman–Crippen MR) is 78.9 cm³/mol. The third kappa shape index (κ3) is 3.59. The van der Waals surface area contributed by atoms with Gasteiger partial charge in [0.15, 0.2) is 0 Å². The molecular formula is C13H19BrO3Si. The summed E-state index contributed by atoms with van der Waals surface area (Å²) in [7, 11) is -1.94. The van der Waals surface area contributed by atoms with Gasteiger partial charge in [0.2, 0.25) is 8.32 Å². The minimum absolute atomic E-state index is 0.0820. The minimum atomic E-state index is -1.94. The van der Waals surface area contributed by atoms with E-state index in [2.05, 4.69) is 49.8 Å². The summed E-state index contributed by atoms with van der Waals surface area (Å²) in [5.41, 5.74) is 0.234. The molecule has 0 radical (unpaired) electrons. The highest BCUT2D eigenvalue weighted by Gasteiger charge is 2.39. The standard InChI is InChI=1S/C13H19BrO3Si/c1-13(2,3)18(4,5)17-11-7-9(12(15)16)6-10(14)8-11/h6-8H,1-5H3,(H,15,16). The second-order valence-corrected chi connectivity index (χ2v) is 11.5. The fourth-order valence-corrected chi connectivity index (χ4v) is 2.68. The Labute approximate surface area is 117 Å². The van der Waals surface area contributed by atoms with E-state index in [0.717, 1.165) is 4.47 Å². The van der Waals surface area contributed by atoms with Gasteiger partial charge < -0.3 is 9.53 Å². The lowest BCUT2D eigenvalue weighted by Crippen LogP contribution is -2.43. The number of aromatic carboxylic acids is 1. The Morgan fingerprint density at radius 2 is 1.83 bits per heavy atom. The summed E-state index contributed by atoms with van der Waals surface area (Å²) in [4.78, 5) is 11.0. The first-order valence-electron chi connectivity index (χ1n) is 5.76. The van der Waals surface area contributed by atoms with E-state index in [0.29, 0.717) is 5.75 Å². The Morgan fingerprint density at radius 3 is 2.28 bits per heavy atom. The summed E-state index contributed by atoms with van der Waals surface area (Å²) in [5.74, 6) is -0.329. The van der Waals surface area contributed by atoms with Crippen LogP contribution < -0.4 is 4.43 Å². The molecule has 0 unspecified atom stereocenters. The summed E-state index contributed by atoms with van der Waals surface area (Å²) >= 11 is 3.31. The van der Waals surface area contributed by atoms with Crippen molar-refractivity contribution in [2.45, 2.75) is 38.9 Å². The molecule has 0 aliphatic heterocycles. The van der Waals surface area contributed by atoms with Gasteiger partial charge in [-0.2, -0.15) is 0 Å². The molecule has 0 saturated carbocycles. The van der Waals surface area contributed by atoms with Crippen LogP contribution in [0.25, 0.3) is 0 Å². The van der Waals surface area contributed by atoms with E-state index in [9.17, 15) is 4.79 Å². The highest BCUT2D eigenvalue weighted by atomic mass is 79.9. The van der Waals surface area contributed by atoms with E-state index in [1.165, 1.54) is 0 Å². The first kappa shape index (κ1) is 15.2. The second kappa shape index (κ2) is 5.05. The molecule has 0 saturated heterocycles. The van der Waals surface area contributed by atoms with E-state index in [1.54, 1.807) is 12.1 Å². The van der Waals surface area contributed by atoms with Gasteiger partial charge in [0, 0.05) is 4.47 Å². The van der Waals surface area contributed by atoms with Crippen LogP contribution in [-0.4, -0.2) is 19.4 Å². The molecule has 0 aliphatic carbocycles.